The molecule has 1 heterocycles. The number of aromatic nitrogens is 2. The lowest BCUT2D eigenvalue weighted by Crippen LogP contribution is -2.28. The molecular formula is C9H16N4O. The van der Waals surface area contributed by atoms with E-state index in [-0.39, 0.29) is 0 Å². The second-order valence-corrected chi connectivity index (χ2v) is 3.64. The van der Waals surface area contributed by atoms with E-state index in [1.807, 2.05) is 6.92 Å². The van der Waals surface area contributed by atoms with Crippen LogP contribution < -0.4 is 10.6 Å². The molecule has 0 bridgehead atoms. The van der Waals surface area contributed by atoms with E-state index in [2.05, 4.69) is 20.8 Å². The predicted molar refractivity (Wildman–Crippen MR) is 51.8 cm³/mol. The summed E-state index contributed by atoms with van der Waals surface area (Å²) < 4.78 is 4.96. The molecular weight excluding hydrogens is 180 g/mol. The van der Waals surface area contributed by atoms with Gasteiger partial charge >= 0.3 is 0 Å². The molecule has 0 radical (unpaired) electrons. The third-order valence-electron chi connectivity index (χ3n) is 2.16. The van der Waals surface area contributed by atoms with Crippen LogP contribution in [0.1, 0.15) is 24.6 Å². The molecule has 0 amide bonds. The van der Waals surface area contributed by atoms with Crippen molar-refractivity contribution in [3.05, 3.63) is 11.7 Å². The van der Waals surface area contributed by atoms with Crippen LogP contribution in [0.5, 0.6) is 0 Å². The van der Waals surface area contributed by atoms with Crippen LogP contribution in [-0.2, 0) is 6.54 Å². The highest BCUT2D eigenvalue weighted by atomic mass is 16.5. The SMILES string of the molecule is Cc1noc(CNCCNC2CC2)n1. The maximum Gasteiger partial charge on any atom is 0.240 e. The Morgan fingerprint density at radius 3 is 2.93 bits per heavy atom. The predicted octanol–water partition coefficient (Wildman–Crippen LogP) is 0.220. The summed E-state index contributed by atoms with van der Waals surface area (Å²) in [5.41, 5.74) is 0. The number of aryl methyl sites for hydroxylation is 1. The van der Waals surface area contributed by atoms with Gasteiger partial charge in [0.25, 0.3) is 0 Å². The summed E-state index contributed by atoms with van der Waals surface area (Å²) in [4.78, 5) is 4.10. The molecule has 0 unspecified atom stereocenters. The van der Waals surface area contributed by atoms with Crippen LogP contribution >= 0.6 is 0 Å². The molecule has 0 saturated heterocycles. The normalized spacial score (nSPS) is 16.1. The van der Waals surface area contributed by atoms with E-state index >= 15 is 0 Å². The van der Waals surface area contributed by atoms with Crippen molar-refractivity contribution in [2.75, 3.05) is 13.1 Å². The lowest BCUT2D eigenvalue weighted by atomic mass is 10.5. The van der Waals surface area contributed by atoms with Crippen molar-refractivity contribution in [1.82, 2.24) is 20.8 Å². The number of rotatable bonds is 6. The molecule has 1 fully saturated rings. The summed E-state index contributed by atoms with van der Waals surface area (Å²) >= 11 is 0. The lowest BCUT2D eigenvalue weighted by Gasteiger charge is -2.02. The van der Waals surface area contributed by atoms with Crippen LogP contribution in [0.15, 0.2) is 4.52 Å². The Morgan fingerprint density at radius 2 is 2.29 bits per heavy atom. The van der Waals surface area contributed by atoms with Crippen LogP contribution in [0.4, 0.5) is 0 Å². The van der Waals surface area contributed by atoms with Crippen LogP contribution in [0.2, 0.25) is 0 Å². The molecule has 1 aliphatic rings. The van der Waals surface area contributed by atoms with Crippen molar-refractivity contribution in [1.29, 1.82) is 0 Å². The van der Waals surface area contributed by atoms with Gasteiger partial charge in [-0.25, -0.2) is 0 Å². The van der Waals surface area contributed by atoms with E-state index in [1.165, 1.54) is 12.8 Å². The zero-order valence-electron chi connectivity index (χ0n) is 8.42. The Labute approximate surface area is 83.3 Å². The van der Waals surface area contributed by atoms with Gasteiger partial charge in [-0.15, -0.1) is 0 Å². The first-order valence-corrected chi connectivity index (χ1v) is 5.08. The highest BCUT2D eigenvalue weighted by molar-refractivity contribution is 4.83. The highest BCUT2D eigenvalue weighted by Crippen LogP contribution is 2.17. The number of hydrogen-bond acceptors (Lipinski definition) is 5. The third kappa shape index (κ3) is 3.08. The van der Waals surface area contributed by atoms with Gasteiger partial charge in [0, 0.05) is 19.1 Å². The highest BCUT2D eigenvalue weighted by Gasteiger charge is 2.19. The van der Waals surface area contributed by atoms with Gasteiger partial charge in [-0.05, 0) is 19.8 Å². The summed E-state index contributed by atoms with van der Waals surface area (Å²) in [6.45, 7) is 4.44. The molecule has 78 valence electrons. The monoisotopic (exact) mass is 196 g/mol. The maximum atomic E-state index is 4.96. The molecule has 2 N–H and O–H groups in total. The van der Waals surface area contributed by atoms with E-state index in [1.54, 1.807) is 0 Å². The molecule has 14 heavy (non-hydrogen) atoms. The molecule has 1 aromatic heterocycles. The van der Waals surface area contributed by atoms with E-state index in [4.69, 9.17) is 4.52 Å². The van der Waals surface area contributed by atoms with Gasteiger partial charge < -0.3 is 15.2 Å². The minimum absolute atomic E-state index is 0.660. The summed E-state index contributed by atoms with van der Waals surface area (Å²) in [7, 11) is 0. The average Bonchev–Trinajstić information content (AvgIpc) is 2.89. The smallest absolute Gasteiger partial charge is 0.240 e. The first kappa shape index (κ1) is 9.61. The molecule has 2 rings (SSSR count). The zero-order valence-corrected chi connectivity index (χ0v) is 8.42. The largest absolute Gasteiger partial charge is 0.338 e. The second-order valence-electron chi connectivity index (χ2n) is 3.64. The summed E-state index contributed by atoms with van der Waals surface area (Å²) in [5, 5.41) is 10.4. The Bertz CT molecular complexity index is 282. The van der Waals surface area contributed by atoms with Gasteiger partial charge in [-0.3, -0.25) is 0 Å². The molecule has 5 nitrogen and oxygen atoms in total. The molecule has 0 atom stereocenters. The van der Waals surface area contributed by atoms with Gasteiger partial charge in [0.05, 0.1) is 6.54 Å². The molecule has 0 aliphatic heterocycles. The first-order chi connectivity index (χ1) is 6.84. The number of nitrogens with zero attached hydrogens (tertiary/aromatic N) is 2. The van der Waals surface area contributed by atoms with E-state index in [0.29, 0.717) is 18.3 Å². The zero-order chi connectivity index (χ0) is 9.80. The fraction of sp³-hybridized carbons (Fsp3) is 0.778. The van der Waals surface area contributed by atoms with Crippen molar-refractivity contribution in [3.8, 4) is 0 Å². The molecule has 0 aromatic carbocycles. The number of hydrogen-bond donors (Lipinski definition) is 2. The van der Waals surface area contributed by atoms with Gasteiger partial charge in [-0.1, -0.05) is 5.16 Å². The third-order valence-corrected chi connectivity index (χ3v) is 2.16. The molecule has 1 saturated carbocycles. The maximum absolute atomic E-state index is 4.96. The first-order valence-electron chi connectivity index (χ1n) is 5.08. The molecule has 5 heteroatoms. The number of nitrogens with one attached hydrogen (secondary N) is 2. The fourth-order valence-corrected chi connectivity index (χ4v) is 1.26. The van der Waals surface area contributed by atoms with E-state index in [9.17, 15) is 0 Å². The molecule has 1 aliphatic carbocycles. The van der Waals surface area contributed by atoms with E-state index < -0.39 is 0 Å². The van der Waals surface area contributed by atoms with Crippen molar-refractivity contribution >= 4 is 0 Å². The Balaban J connectivity index is 1.53. The fourth-order valence-electron chi connectivity index (χ4n) is 1.26. The standard InChI is InChI=1S/C9H16N4O/c1-7-12-9(14-13-7)6-10-4-5-11-8-2-3-8/h8,10-11H,2-6H2,1H3. The molecule has 1 aromatic rings. The van der Waals surface area contributed by atoms with Crippen LogP contribution in [0.3, 0.4) is 0 Å². The van der Waals surface area contributed by atoms with Gasteiger partial charge in [0.15, 0.2) is 5.82 Å². The minimum Gasteiger partial charge on any atom is -0.338 e. The van der Waals surface area contributed by atoms with Gasteiger partial charge in [-0.2, -0.15) is 4.98 Å². The van der Waals surface area contributed by atoms with E-state index in [0.717, 1.165) is 19.1 Å². The second kappa shape index (κ2) is 4.52. The Kier molecular flexibility index (Phi) is 3.10. The minimum atomic E-state index is 0.660. The van der Waals surface area contributed by atoms with Gasteiger partial charge in [0.2, 0.25) is 5.89 Å². The quantitative estimate of drug-likeness (QED) is 0.637. The Morgan fingerprint density at radius 1 is 1.43 bits per heavy atom. The average molecular weight is 196 g/mol. The van der Waals surface area contributed by atoms with Crippen LogP contribution in [0.25, 0.3) is 0 Å². The van der Waals surface area contributed by atoms with Crippen LogP contribution in [-0.4, -0.2) is 29.3 Å². The summed E-state index contributed by atoms with van der Waals surface area (Å²) in [6.07, 6.45) is 2.67. The van der Waals surface area contributed by atoms with Crippen LogP contribution in [0, 0.1) is 6.92 Å². The molecule has 0 spiro atoms. The summed E-state index contributed by atoms with van der Waals surface area (Å²) in [5.74, 6) is 1.35. The topological polar surface area (TPSA) is 63.0 Å². The summed E-state index contributed by atoms with van der Waals surface area (Å²) in [6, 6.07) is 0.780. The van der Waals surface area contributed by atoms with Crippen molar-refractivity contribution in [3.63, 3.8) is 0 Å². The lowest BCUT2D eigenvalue weighted by molar-refractivity contribution is 0.364. The van der Waals surface area contributed by atoms with Gasteiger partial charge in [0.1, 0.15) is 0 Å². The van der Waals surface area contributed by atoms with Crippen molar-refractivity contribution in [2.24, 2.45) is 0 Å². The Hall–Kier alpha value is -0.940. The van der Waals surface area contributed by atoms with Crippen molar-refractivity contribution < 1.29 is 4.52 Å². The van der Waals surface area contributed by atoms with Crippen molar-refractivity contribution in [2.45, 2.75) is 32.4 Å².